The summed E-state index contributed by atoms with van der Waals surface area (Å²) < 4.78 is 10.8. The van der Waals surface area contributed by atoms with Crippen LogP contribution in [0.3, 0.4) is 0 Å². The highest BCUT2D eigenvalue weighted by Crippen LogP contribution is 2.27. The number of carboxylic acid groups (broad SMARTS) is 1. The Bertz CT molecular complexity index is 1400. The van der Waals surface area contributed by atoms with Gasteiger partial charge >= 0.3 is 12.2 Å². The van der Waals surface area contributed by atoms with E-state index in [2.05, 4.69) is 15.5 Å². The maximum atomic E-state index is 12.5. The van der Waals surface area contributed by atoms with E-state index in [1.807, 2.05) is 36.4 Å². The quantitative estimate of drug-likeness (QED) is 0.298. The summed E-state index contributed by atoms with van der Waals surface area (Å²) in [5.74, 6) is 0.0319. The van der Waals surface area contributed by atoms with E-state index in [1.54, 1.807) is 51.4 Å². The Labute approximate surface area is 219 Å². The molecule has 0 unspecified atom stereocenters. The van der Waals surface area contributed by atoms with Crippen molar-refractivity contribution in [1.82, 2.24) is 15.5 Å². The highest BCUT2D eigenvalue weighted by atomic mass is 35.5. The van der Waals surface area contributed by atoms with Crippen molar-refractivity contribution in [3.63, 3.8) is 0 Å². The Balaban J connectivity index is 1.58. The second-order valence-electron chi connectivity index (χ2n) is 9.55. The second-order valence-corrected chi connectivity index (χ2v) is 9.99. The van der Waals surface area contributed by atoms with E-state index in [4.69, 9.17) is 20.9 Å². The number of hydrogen-bond donors (Lipinski definition) is 2. The lowest BCUT2D eigenvalue weighted by molar-refractivity contribution is 0.0504. The van der Waals surface area contributed by atoms with Crippen molar-refractivity contribution < 1.29 is 24.0 Å². The molecular weight excluding hydrogens is 496 g/mol. The van der Waals surface area contributed by atoms with Crippen LogP contribution in [0.1, 0.15) is 26.3 Å². The van der Waals surface area contributed by atoms with Crippen LogP contribution in [0.25, 0.3) is 22.0 Å². The average Bonchev–Trinajstić information content (AvgIpc) is 3.32. The molecule has 0 saturated heterocycles. The van der Waals surface area contributed by atoms with Crippen LogP contribution in [0.4, 0.5) is 15.5 Å². The molecule has 37 heavy (non-hydrogen) atoms. The number of carbonyl (C=O) groups is 2. The fourth-order valence-electron chi connectivity index (χ4n) is 3.79. The summed E-state index contributed by atoms with van der Waals surface area (Å²) in [6, 6.07) is 15.6. The van der Waals surface area contributed by atoms with Crippen molar-refractivity contribution in [2.24, 2.45) is 0 Å². The number of anilines is 1. The zero-order valence-corrected chi connectivity index (χ0v) is 21.4. The molecule has 0 aliphatic heterocycles. The van der Waals surface area contributed by atoms with E-state index >= 15 is 0 Å². The lowest BCUT2D eigenvalue weighted by Gasteiger charge is -2.26. The molecule has 0 fully saturated rings. The van der Waals surface area contributed by atoms with Crippen LogP contribution < -0.4 is 10.2 Å². The zero-order chi connectivity index (χ0) is 26.6. The number of carbonyl (C=O) groups excluding carboxylic acids is 1. The van der Waals surface area contributed by atoms with Crippen LogP contribution in [0.2, 0.25) is 5.02 Å². The summed E-state index contributed by atoms with van der Waals surface area (Å²) in [4.78, 5) is 29.9. The van der Waals surface area contributed by atoms with Crippen molar-refractivity contribution in [1.29, 1.82) is 0 Å². The maximum absolute atomic E-state index is 12.5. The Morgan fingerprint density at radius 3 is 2.57 bits per heavy atom. The maximum Gasteiger partial charge on any atom is 0.414 e. The Morgan fingerprint density at radius 1 is 1.11 bits per heavy atom. The summed E-state index contributed by atoms with van der Waals surface area (Å²) in [5.41, 5.74) is 1.40. The minimum Gasteiger partial charge on any atom is -0.465 e. The number of rotatable bonds is 7. The van der Waals surface area contributed by atoms with Gasteiger partial charge in [0.15, 0.2) is 0 Å². The third-order valence-electron chi connectivity index (χ3n) is 5.45. The van der Waals surface area contributed by atoms with Gasteiger partial charge in [-0.25, -0.2) is 14.5 Å². The van der Waals surface area contributed by atoms with Gasteiger partial charge in [0.25, 0.3) is 0 Å². The van der Waals surface area contributed by atoms with Gasteiger partial charge in [-0.05, 0) is 62.4 Å². The summed E-state index contributed by atoms with van der Waals surface area (Å²) >= 11 is 6.00. The number of benzene rings is 2. The van der Waals surface area contributed by atoms with Gasteiger partial charge in [-0.15, -0.1) is 0 Å². The van der Waals surface area contributed by atoms with Gasteiger partial charge in [0.2, 0.25) is 5.88 Å². The minimum atomic E-state index is -1.25. The van der Waals surface area contributed by atoms with Gasteiger partial charge in [0.1, 0.15) is 11.3 Å². The lowest BCUT2D eigenvalue weighted by atomic mass is 10.1. The molecule has 4 aromatic rings. The molecule has 0 bridgehead atoms. The zero-order valence-electron chi connectivity index (χ0n) is 20.6. The van der Waals surface area contributed by atoms with Gasteiger partial charge in [-0.2, -0.15) is 0 Å². The SMILES string of the molecule is CC(C)(C)OC(=O)N[C@@H](Cc1ccc(Cl)cc1)CN(C(=O)O)c1cc(-c2ccc3cnccc3c2)no1. The van der Waals surface area contributed by atoms with Crippen molar-refractivity contribution in [2.45, 2.75) is 38.8 Å². The molecular formula is C27H27ClN4O5. The Morgan fingerprint density at radius 2 is 1.86 bits per heavy atom. The number of ether oxygens (including phenoxy) is 1. The van der Waals surface area contributed by atoms with Crippen LogP contribution in [0.5, 0.6) is 0 Å². The molecule has 2 N–H and O–H groups in total. The normalized spacial score (nSPS) is 12.2. The number of nitrogens with one attached hydrogen (secondary N) is 1. The van der Waals surface area contributed by atoms with E-state index < -0.39 is 23.8 Å². The smallest absolute Gasteiger partial charge is 0.414 e. The highest BCUT2D eigenvalue weighted by molar-refractivity contribution is 6.30. The largest absolute Gasteiger partial charge is 0.465 e. The number of pyridine rings is 1. The molecule has 9 nitrogen and oxygen atoms in total. The predicted octanol–water partition coefficient (Wildman–Crippen LogP) is 6.16. The third-order valence-corrected chi connectivity index (χ3v) is 5.70. The fraction of sp³-hybridized carbons (Fsp3) is 0.259. The van der Waals surface area contributed by atoms with Gasteiger partial charge in [-0.1, -0.05) is 41.0 Å². The number of amides is 2. The Kier molecular flexibility index (Phi) is 7.63. The molecule has 2 amide bonds. The van der Waals surface area contributed by atoms with Gasteiger partial charge in [-0.3, -0.25) is 4.98 Å². The van der Waals surface area contributed by atoms with Crippen molar-refractivity contribution in [3.05, 3.63) is 77.6 Å². The third kappa shape index (κ3) is 6.98. The van der Waals surface area contributed by atoms with Crippen molar-refractivity contribution >= 4 is 40.4 Å². The minimum absolute atomic E-state index is 0.0319. The number of halogens is 1. The number of alkyl carbamates (subject to hydrolysis) is 1. The molecule has 0 saturated carbocycles. The van der Waals surface area contributed by atoms with Gasteiger partial charge in [0.05, 0.1) is 12.6 Å². The van der Waals surface area contributed by atoms with E-state index in [0.717, 1.165) is 26.8 Å². The van der Waals surface area contributed by atoms with Crippen LogP contribution in [-0.4, -0.2) is 45.6 Å². The van der Waals surface area contributed by atoms with Gasteiger partial charge in [0, 0.05) is 34.4 Å². The van der Waals surface area contributed by atoms with Gasteiger partial charge < -0.3 is 19.7 Å². The fourth-order valence-corrected chi connectivity index (χ4v) is 3.92. The molecule has 0 aliphatic carbocycles. The van der Waals surface area contributed by atoms with Crippen LogP contribution in [0.15, 0.2) is 71.5 Å². The van der Waals surface area contributed by atoms with E-state index in [0.29, 0.717) is 17.1 Å². The summed E-state index contributed by atoms with van der Waals surface area (Å²) in [6.45, 7) is 5.16. The standard InChI is InChI=1S/C27H27ClN4O5/c1-27(2,3)36-25(33)30-22(12-17-4-8-21(28)9-5-17)16-32(26(34)35)24-14-23(31-37-24)19-6-7-20-15-29-11-10-18(20)13-19/h4-11,13-15,22H,12,16H2,1-3H3,(H,30,33)(H,34,35)/t22-/m0/s1. The average molecular weight is 523 g/mol. The number of nitrogens with zero attached hydrogens (tertiary/aromatic N) is 3. The van der Waals surface area contributed by atoms with E-state index in [-0.39, 0.29) is 12.4 Å². The second kappa shape index (κ2) is 10.9. The first-order chi connectivity index (χ1) is 17.6. The van der Waals surface area contributed by atoms with E-state index in [9.17, 15) is 14.7 Å². The number of fused-ring (bicyclic) bond motifs is 1. The van der Waals surface area contributed by atoms with Crippen LogP contribution in [-0.2, 0) is 11.2 Å². The molecule has 1 atom stereocenters. The predicted molar refractivity (Wildman–Crippen MR) is 141 cm³/mol. The Hall–Kier alpha value is -4.11. The topological polar surface area (TPSA) is 118 Å². The summed E-state index contributed by atoms with van der Waals surface area (Å²) in [7, 11) is 0. The van der Waals surface area contributed by atoms with Crippen molar-refractivity contribution in [2.75, 3.05) is 11.4 Å². The van der Waals surface area contributed by atoms with Crippen LogP contribution in [0, 0.1) is 0 Å². The molecule has 2 aromatic carbocycles. The monoisotopic (exact) mass is 522 g/mol. The molecule has 0 spiro atoms. The molecule has 2 aromatic heterocycles. The molecule has 0 radical (unpaired) electrons. The van der Waals surface area contributed by atoms with Crippen molar-refractivity contribution in [3.8, 4) is 11.3 Å². The first-order valence-electron chi connectivity index (χ1n) is 11.6. The highest BCUT2D eigenvalue weighted by Gasteiger charge is 2.27. The summed E-state index contributed by atoms with van der Waals surface area (Å²) in [6.07, 6.45) is 1.89. The first kappa shape index (κ1) is 26.0. The summed E-state index contributed by atoms with van der Waals surface area (Å²) in [5, 5.41) is 19.4. The van der Waals surface area contributed by atoms with E-state index in [1.165, 1.54) is 0 Å². The molecule has 0 aliphatic rings. The molecule has 2 heterocycles. The first-order valence-corrected chi connectivity index (χ1v) is 12.0. The molecule has 10 heteroatoms. The number of aromatic nitrogens is 2. The molecule has 4 rings (SSSR count). The van der Waals surface area contributed by atoms with Crippen LogP contribution >= 0.6 is 11.6 Å². The lowest BCUT2D eigenvalue weighted by Crippen LogP contribution is -2.48. The molecule has 192 valence electrons. The number of hydrogen-bond acceptors (Lipinski definition) is 6.